The summed E-state index contributed by atoms with van der Waals surface area (Å²) in [5.41, 5.74) is 4.08. The minimum absolute atomic E-state index is 0.181. The lowest BCUT2D eigenvalue weighted by Gasteiger charge is -2.15. The van der Waals surface area contributed by atoms with E-state index >= 15 is 0 Å². The number of carbonyl (C=O) groups excluding carboxylic acids is 2. The molecule has 1 aliphatic rings. The van der Waals surface area contributed by atoms with Crippen molar-refractivity contribution < 1.29 is 14.3 Å². The first kappa shape index (κ1) is 21.3. The van der Waals surface area contributed by atoms with Crippen LogP contribution in [0.25, 0.3) is 5.57 Å². The number of nitrogens with zero attached hydrogens (tertiary/aromatic N) is 2. The van der Waals surface area contributed by atoms with Crippen LogP contribution in [-0.2, 0) is 22.6 Å². The summed E-state index contributed by atoms with van der Waals surface area (Å²) in [6.45, 7) is 4.74. The van der Waals surface area contributed by atoms with Crippen molar-refractivity contribution in [2.45, 2.75) is 26.8 Å². The molecule has 0 spiro atoms. The van der Waals surface area contributed by atoms with Gasteiger partial charge in [-0.1, -0.05) is 31.2 Å². The zero-order valence-electron chi connectivity index (χ0n) is 18.2. The number of ether oxygens (including phenoxy) is 1. The zero-order chi connectivity index (χ0) is 22.5. The van der Waals surface area contributed by atoms with E-state index < -0.39 is 0 Å². The number of amides is 2. The van der Waals surface area contributed by atoms with Crippen LogP contribution < -0.4 is 10.1 Å². The molecule has 6 nitrogen and oxygen atoms in total. The minimum Gasteiger partial charge on any atom is -0.494 e. The largest absolute Gasteiger partial charge is 0.494 e. The molecule has 0 atom stereocenters. The molecule has 1 N–H and O–H groups in total. The summed E-state index contributed by atoms with van der Waals surface area (Å²) < 4.78 is 5.52. The molecule has 2 heterocycles. The molecule has 2 amide bonds. The van der Waals surface area contributed by atoms with E-state index in [1.54, 1.807) is 24.5 Å². The van der Waals surface area contributed by atoms with Crippen molar-refractivity contribution in [2.24, 2.45) is 0 Å². The molecule has 32 heavy (non-hydrogen) atoms. The number of hydrogen-bond donors (Lipinski definition) is 1. The van der Waals surface area contributed by atoms with E-state index in [0.29, 0.717) is 23.5 Å². The second kappa shape index (κ2) is 9.47. The molecule has 4 rings (SSSR count). The number of imide groups is 1. The Morgan fingerprint density at radius 3 is 2.16 bits per heavy atom. The molecule has 0 saturated carbocycles. The molecule has 0 saturated heterocycles. The van der Waals surface area contributed by atoms with Crippen molar-refractivity contribution in [2.75, 3.05) is 11.9 Å². The lowest BCUT2D eigenvalue weighted by atomic mass is 10.0. The first-order chi connectivity index (χ1) is 15.6. The average molecular weight is 428 g/mol. The van der Waals surface area contributed by atoms with Gasteiger partial charge in [-0.15, -0.1) is 0 Å². The van der Waals surface area contributed by atoms with Crippen LogP contribution in [0.5, 0.6) is 5.75 Å². The van der Waals surface area contributed by atoms with Crippen LogP contribution >= 0.6 is 0 Å². The molecule has 0 bridgehead atoms. The van der Waals surface area contributed by atoms with Gasteiger partial charge in [0.25, 0.3) is 11.8 Å². The first-order valence-electron chi connectivity index (χ1n) is 10.7. The highest BCUT2D eigenvalue weighted by Gasteiger charge is 2.39. The fourth-order valence-electron chi connectivity index (χ4n) is 3.63. The number of nitrogens with one attached hydrogen (secondary N) is 1. The van der Waals surface area contributed by atoms with Crippen LogP contribution in [0.15, 0.2) is 78.8 Å². The Balaban J connectivity index is 1.70. The summed E-state index contributed by atoms with van der Waals surface area (Å²) in [6, 6.07) is 18.7. The van der Waals surface area contributed by atoms with E-state index in [0.717, 1.165) is 17.7 Å². The van der Waals surface area contributed by atoms with Gasteiger partial charge in [-0.05, 0) is 66.4 Å². The Labute approximate surface area is 187 Å². The van der Waals surface area contributed by atoms with Gasteiger partial charge in [0.2, 0.25) is 0 Å². The maximum absolute atomic E-state index is 13.4. The smallest absolute Gasteiger partial charge is 0.278 e. The van der Waals surface area contributed by atoms with Gasteiger partial charge in [-0.2, -0.15) is 0 Å². The quantitative estimate of drug-likeness (QED) is 0.539. The highest BCUT2D eigenvalue weighted by Crippen LogP contribution is 2.32. The standard InChI is InChI=1S/C26H25N3O3/c1-3-18-5-9-21(10-6-18)28-24-23(20-7-11-22(12-8-20)32-4-2)25(30)29(26(24)31)17-19-13-15-27-16-14-19/h5-16,28H,3-4,17H2,1-2H3. The molecular formula is C26H25N3O3. The molecule has 162 valence electrons. The Morgan fingerprint density at radius 1 is 0.844 bits per heavy atom. The van der Waals surface area contributed by atoms with Crippen LogP contribution in [0.4, 0.5) is 5.69 Å². The maximum atomic E-state index is 13.4. The van der Waals surface area contributed by atoms with E-state index in [2.05, 4.69) is 17.2 Å². The van der Waals surface area contributed by atoms with Crippen LogP contribution in [0.2, 0.25) is 0 Å². The van der Waals surface area contributed by atoms with Crippen molar-refractivity contribution in [1.82, 2.24) is 9.88 Å². The van der Waals surface area contributed by atoms with Crippen LogP contribution in [-0.4, -0.2) is 28.3 Å². The number of aryl methyl sites for hydroxylation is 1. The van der Waals surface area contributed by atoms with Gasteiger partial charge < -0.3 is 10.1 Å². The minimum atomic E-state index is -0.352. The Kier molecular flexibility index (Phi) is 6.31. The van der Waals surface area contributed by atoms with Gasteiger partial charge in [0, 0.05) is 18.1 Å². The van der Waals surface area contributed by atoms with Crippen molar-refractivity contribution in [1.29, 1.82) is 0 Å². The molecular weight excluding hydrogens is 402 g/mol. The fourth-order valence-corrected chi connectivity index (χ4v) is 3.63. The second-order valence-electron chi connectivity index (χ2n) is 7.43. The highest BCUT2D eigenvalue weighted by atomic mass is 16.5. The molecule has 2 aromatic carbocycles. The Hall–Kier alpha value is -3.93. The number of pyridine rings is 1. The molecule has 3 aromatic rings. The summed E-state index contributed by atoms with van der Waals surface area (Å²) in [6.07, 6.45) is 4.22. The summed E-state index contributed by atoms with van der Waals surface area (Å²) in [7, 11) is 0. The molecule has 1 aromatic heterocycles. The lowest BCUT2D eigenvalue weighted by Crippen LogP contribution is -2.32. The molecule has 0 aliphatic carbocycles. The average Bonchev–Trinajstić information content (AvgIpc) is 3.05. The number of hydrogen-bond acceptors (Lipinski definition) is 5. The summed E-state index contributed by atoms with van der Waals surface area (Å²) in [5.74, 6) is 0.0332. The SMILES string of the molecule is CCOc1ccc(C2=C(Nc3ccc(CC)cc3)C(=O)N(Cc3ccncc3)C2=O)cc1. The first-order valence-corrected chi connectivity index (χ1v) is 10.7. The summed E-state index contributed by atoms with van der Waals surface area (Å²) in [4.78, 5) is 32.0. The monoisotopic (exact) mass is 427 g/mol. The van der Waals surface area contributed by atoms with E-state index in [-0.39, 0.29) is 24.1 Å². The number of benzene rings is 2. The van der Waals surface area contributed by atoms with Crippen LogP contribution in [0.3, 0.4) is 0 Å². The van der Waals surface area contributed by atoms with Crippen molar-refractivity contribution in [3.8, 4) is 5.75 Å². The van der Waals surface area contributed by atoms with Crippen molar-refractivity contribution in [3.05, 3.63) is 95.4 Å². The molecule has 1 aliphatic heterocycles. The number of rotatable bonds is 8. The third-order valence-electron chi connectivity index (χ3n) is 5.34. The Bertz CT molecular complexity index is 1140. The normalized spacial score (nSPS) is 13.6. The van der Waals surface area contributed by atoms with Gasteiger partial charge >= 0.3 is 0 Å². The predicted octanol–water partition coefficient (Wildman–Crippen LogP) is 4.43. The third kappa shape index (κ3) is 4.39. The van der Waals surface area contributed by atoms with Gasteiger partial charge in [-0.25, -0.2) is 0 Å². The van der Waals surface area contributed by atoms with E-state index in [9.17, 15) is 9.59 Å². The van der Waals surface area contributed by atoms with Gasteiger partial charge in [0.1, 0.15) is 11.4 Å². The molecule has 0 fully saturated rings. The Morgan fingerprint density at radius 2 is 1.53 bits per heavy atom. The predicted molar refractivity (Wildman–Crippen MR) is 124 cm³/mol. The lowest BCUT2D eigenvalue weighted by molar-refractivity contribution is -0.137. The molecule has 0 radical (unpaired) electrons. The number of aromatic nitrogens is 1. The fraction of sp³-hybridized carbons (Fsp3) is 0.192. The van der Waals surface area contributed by atoms with Gasteiger partial charge in [0.15, 0.2) is 0 Å². The maximum Gasteiger partial charge on any atom is 0.278 e. The molecule has 6 heteroatoms. The van der Waals surface area contributed by atoms with E-state index in [4.69, 9.17) is 4.74 Å². The van der Waals surface area contributed by atoms with Crippen molar-refractivity contribution in [3.63, 3.8) is 0 Å². The summed E-state index contributed by atoms with van der Waals surface area (Å²) >= 11 is 0. The highest BCUT2D eigenvalue weighted by molar-refractivity contribution is 6.36. The van der Waals surface area contributed by atoms with Crippen molar-refractivity contribution >= 4 is 23.1 Å². The number of anilines is 1. The number of carbonyl (C=O) groups is 2. The van der Waals surface area contributed by atoms with Gasteiger partial charge in [-0.3, -0.25) is 19.5 Å². The van der Waals surface area contributed by atoms with Crippen LogP contribution in [0, 0.1) is 0 Å². The topological polar surface area (TPSA) is 71.5 Å². The third-order valence-corrected chi connectivity index (χ3v) is 5.34. The van der Waals surface area contributed by atoms with Crippen LogP contribution in [0.1, 0.15) is 30.5 Å². The molecule has 0 unspecified atom stereocenters. The van der Waals surface area contributed by atoms with E-state index in [1.165, 1.54) is 10.5 Å². The van der Waals surface area contributed by atoms with Gasteiger partial charge in [0.05, 0.1) is 18.7 Å². The summed E-state index contributed by atoms with van der Waals surface area (Å²) in [5, 5.41) is 3.20. The zero-order valence-corrected chi connectivity index (χ0v) is 18.2. The second-order valence-corrected chi connectivity index (χ2v) is 7.43. The van der Waals surface area contributed by atoms with E-state index in [1.807, 2.05) is 55.5 Å².